The first-order valence-electron chi connectivity index (χ1n) is 5.16. The summed E-state index contributed by atoms with van der Waals surface area (Å²) in [6.07, 6.45) is 0. The van der Waals surface area contributed by atoms with E-state index in [4.69, 9.17) is 9.26 Å². The van der Waals surface area contributed by atoms with Crippen LogP contribution in [0.5, 0.6) is 0 Å². The number of ether oxygens (including phenoxy) is 1. The molecule has 0 heterocycles. The summed E-state index contributed by atoms with van der Waals surface area (Å²) in [6.45, 7) is 3.01. The molecule has 0 saturated carbocycles. The highest BCUT2D eigenvalue weighted by Crippen LogP contribution is 2.41. The first kappa shape index (κ1) is 13.9. The Bertz CT molecular complexity index is 443. The van der Waals surface area contributed by atoms with Crippen LogP contribution in [0, 0.1) is 0 Å². The van der Waals surface area contributed by atoms with E-state index >= 15 is 0 Å². The van der Waals surface area contributed by atoms with E-state index in [0.717, 1.165) is 0 Å². The molecule has 0 aliphatic heterocycles. The molecule has 1 unspecified atom stereocenters. The lowest BCUT2D eigenvalue weighted by molar-refractivity contribution is -0.142. The molecule has 0 bridgehead atoms. The zero-order valence-electron chi connectivity index (χ0n) is 9.75. The number of rotatable bonds is 5. The van der Waals surface area contributed by atoms with Crippen LogP contribution in [-0.4, -0.2) is 17.5 Å². The molecule has 0 aliphatic carbocycles. The highest BCUT2D eigenvalue weighted by atomic mass is 31.2. The second kappa shape index (κ2) is 5.96. The van der Waals surface area contributed by atoms with Crippen LogP contribution in [0.1, 0.15) is 19.4 Å². The Morgan fingerprint density at radius 2 is 2.06 bits per heavy atom. The summed E-state index contributed by atoms with van der Waals surface area (Å²) in [6, 6.07) is 6.46. The van der Waals surface area contributed by atoms with Crippen LogP contribution in [0.25, 0.3) is 0 Å². The van der Waals surface area contributed by atoms with Gasteiger partial charge in [-0.05, 0) is 13.0 Å². The van der Waals surface area contributed by atoms with Crippen molar-refractivity contribution in [2.24, 2.45) is 0 Å². The summed E-state index contributed by atoms with van der Waals surface area (Å²) in [5.41, 5.74) is 0.474. The SMILES string of the molecule is CCOP(=O)(O)c1ccccc1COC(C)=O. The monoisotopic (exact) mass is 258 g/mol. The van der Waals surface area contributed by atoms with E-state index in [2.05, 4.69) is 0 Å². The van der Waals surface area contributed by atoms with Crippen LogP contribution < -0.4 is 5.30 Å². The van der Waals surface area contributed by atoms with Crippen molar-refractivity contribution in [1.29, 1.82) is 0 Å². The maximum atomic E-state index is 11.9. The molecular formula is C11H15O5P. The molecule has 1 aromatic rings. The van der Waals surface area contributed by atoms with Gasteiger partial charge in [-0.3, -0.25) is 9.36 Å². The fourth-order valence-electron chi connectivity index (χ4n) is 1.33. The maximum Gasteiger partial charge on any atom is 0.359 e. The van der Waals surface area contributed by atoms with Crippen molar-refractivity contribution in [3.63, 3.8) is 0 Å². The summed E-state index contributed by atoms with van der Waals surface area (Å²) >= 11 is 0. The second-order valence-corrected chi connectivity index (χ2v) is 5.13. The minimum atomic E-state index is -3.83. The standard InChI is InChI=1S/C11H15O5P/c1-3-16-17(13,14)11-7-5-4-6-10(11)8-15-9(2)12/h4-7H,3,8H2,1-2H3,(H,13,14). The lowest BCUT2D eigenvalue weighted by Gasteiger charge is -2.14. The number of carbonyl (C=O) groups excluding carboxylic acids is 1. The average molecular weight is 258 g/mol. The highest BCUT2D eigenvalue weighted by molar-refractivity contribution is 7.61. The van der Waals surface area contributed by atoms with Gasteiger partial charge in [0.2, 0.25) is 0 Å². The minimum absolute atomic E-state index is 0.0386. The van der Waals surface area contributed by atoms with Gasteiger partial charge in [-0.15, -0.1) is 0 Å². The lowest BCUT2D eigenvalue weighted by Crippen LogP contribution is -2.14. The number of benzene rings is 1. The number of carbonyl (C=O) groups is 1. The van der Waals surface area contributed by atoms with Gasteiger partial charge >= 0.3 is 13.6 Å². The van der Waals surface area contributed by atoms with Crippen LogP contribution in [-0.2, 0) is 25.2 Å². The van der Waals surface area contributed by atoms with Crippen molar-refractivity contribution in [1.82, 2.24) is 0 Å². The maximum absolute atomic E-state index is 11.9. The molecule has 0 amide bonds. The number of hydrogen-bond donors (Lipinski definition) is 1. The Balaban J connectivity index is 2.99. The van der Waals surface area contributed by atoms with Crippen molar-refractivity contribution in [2.75, 3.05) is 6.61 Å². The third kappa shape index (κ3) is 3.97. The Labute approximate surface area is 99.9 Å². The van der Waals surface area contributed by atoms with Gasteiger partial charge in [-0.1, -0.05) is 18.2 Å². The van der Waals surface area contributed by atoms with Crippen LogP contribution in [0.3, 0.4) is 0 Å². The molecule has 0 saturated heterocycles. The molecule has 1 N–H and O–H groups in total. The van der Waals surface area contributed by atoms with Crippen molar-refractivity contribution < 1.29 is 23.5 Å². The normalized spacial score (nSPS) is 14.1. The molecular weight excluding hydrogens is 243 g/mol. The summed E-state index contributed by atoms with van der Waals surface area (Å²) < 4.78 is 21.5. The lowest BCUT2D eigenvalue weighted by atomic mass is 10.2. The van der Waals surface area contributed by atoms with Gasteiger partial charge in [-0.2, -0.15) is 0 Å². The Kier molecular flexibility index (Phi) is 4.87. The molecule has 1 aromatic carbocycles. The molecule has 6 heteroatoms. The Morgan fingerprint density at radius 3 is 2.65 bits per heavy atom. The van der Waals surface area contributed by atoms with E-state index < -0.39 is 13.6 Å². The topological polar surface area (TPSA) is 72.8 Å². The molecule has 0 aliphatic rings. The summed E-state index contributed by atoms with van der Waals surface area (Å²) in [7, 11) is -3.83. The molecule has 0 radical (unpaired) electrons. The molecule has 1 atom stereocenters. The molecule has 1 rings (SSSR count). The van der Waals surface area contributed by atoms with Crippen molar-refractivity contribution in [3.05, 3.63) is 29.8 Å². The summed E-state index contributed by atoms with van der Waals surface area (Å²) in [5, 5.41) is 0.170. The third-order valence-electron chi connectivity index (χ3n) is 2.03. The quantitative estimate of drug-likeness (QED) is 0.641. The van der Waals surface area contributed by atoms with E-state index in [0.29, 0.717) is 5.56 Å². The van der Waals surface area contributed by atoms with E-state index in [1.54, 1.807) is 25.1 Å². The van der Waals surface area contributed by atoms with E-state index in [1.165, 1.54) is 13.0 Å². The first-order valence-corrected chi connectivity index (χ1v) is 6.74. The largest absolute Gasteiger partial charge is 0.461 e. The van der Waals surface area contributed by atoms with Crippen molar-refractivity contribution >= 4 is 18.9 Å². The molecule has 0 fully saturated rings. The second-order valence-electron chi connectivity index (χ2n) is 3.35. The molecule has 5 nitrogen and oxygen atoms in total. The Hall–Kier alpha value is -1.16. The smallest absolute Gasteiger partial charge is 0.359 e. The minimum Gasteiger partial charge on any atom is -0.461 e. The first-order chi connectivity index (χ1) is 7.97. The molecule has 17 heavy (non-hydrogen) atoms. The fourth-order valence-corrected chi connectivity index (χ4v) is 2.60. The summed E-state index contributed by atoms with van der Waals surface area (Å²) in [4.78, 5) is 20.4. The van der Waals surface area contributed by atoms with Gasteiger partial charge in [0.25, 0.3) is 0 Å². The average Bonchev–Trinajstić information content (AvgIpc) is 2.26. The van der Waals surface area contributed by atoms with Crippen LogP contribution in [0.2, 0.25) is 0 Å². The van der Waals surface area contributed by atoms with Crippen LogP contribution in [0.4, 0.5) is 0 Å². The van der Waals surface area contributed by atoms with Crippen LogP contribution >= 0.6 is 7.60 Å². The Morgan fingerprint density at radius 1 is 1.41 bits per heavy atom. The molecule has 94 valence electrons. The number of esters is 1. The van der Waals surface area contributed by atoms with E-state index in [9.17, 15) is 14.3 Å². The van der Waals surface area contributed by atoms with E-state index in [1.807, 2.05) is 0 Å². The summed E-state index contributed by atoms with van der Waals surface area (Å²) in [5.74, 6) is -0.441. The zero-order valence-corrected chi connectivity index (χ0v) is 10.6. The van der Waals surface area contributed by atoms with Crippen molar-refractivity contribution in [3.8, 4) is 0 Å². The third-order valence-corrected chi connectivity index (χ3v) is 3.68. The zero-order chi connectivity index (χ0) is 12.9. The van der Waals surface area contributed by atoms with Crippen molar-refractivity contribution in [2.45, 2.75) is 20.5 Å². The van der Waals surface area contributed by atoms with E-state index in [-0.39, 0.29) is 18.5 Å². The van der Waals surface area contributed by atoms with Gasteiger partial charge in [0, 0.05) is 12.5 Å². The van der Waals surface area contributed by atoms with Gasteiger partial charge in [0.15, 0.2) is 0 Å². The number of hydrogen-bond acceptors (Lipinski definition) is 4. The highest BCUT2D eigenvalue weighted by Gasteiger charge is 2.25. The predicted molar refractivity (Wildman–Crippen MR) is 63.0 cm³/mol. The van der Waals surface area contributed by atoms with Gasteiger partial charge in [-0.25, -0.2) is 0 Å². The molecule has 0 spiro atoms. The fraction of sp³-hybridized carbons (Fsp3) is 0.364. The van der Waals surface area contributed by atoms with Gasteiger partial charge < -0.3 is 14.2 Å². The van der Waals surface area contributed by atoms with Gasteiger partial charge in [0.05, 0.1) is 11.9 Å². The predicted octanol–water partition coefficient (Wildman–Crippen LogP) is 1.60. The van der Waals surface area contributed by atoms with Crippen LogP contribution in [0.15, 0.2) is 24.3 Å². The van der Waals surface area contributed by atoms with Gasteiger partial charge in [0.1, 0.15) is 6.61 Å². The molecule has 0 aromatic heterocycles.